The molecule has 0 saturated carbocycles. The van der Waals surface area contributed by atoms with Crippen LogP contribution in [-0.2, 0) is 0 Å². The zero-order chi connectivity index (χ0) is 23.3. The van der Waals surface area contributed by atoms with E-state index in [4.69, 9.17) is 23.2 Å². The molecule has 0 radical (unpaired) electrons. The fraction of sp³-hybridized carbons (Fsp3) is 0. The second-order valence-corrected chi connectivity index (χ2v) is 8.56. The number of nitrogens with zero attached hydrogens (tertiary/aromatic N) is 2. The summed E-state index contributed by atoms with van der Waals surface area (Å²) in [7, 11) is 0. The number of para-hydroxylation sites is 3. The van der Waals surface area contributed by atoms with Crippen LogP contribution in [0, 0.1) is 0 Å². The van der Waals surface area contributed by atoms with Gasteiger partial charge in [-0.15, -0.1) is 0 Å². The van der Waals surface area contributed by atoms with Gasteiger partial charge in [0.1, 0.15) is 0 Å². The second-order valence-electron chi connectivity index (χ2n) is 7.77. The van der Waals surface area contributed by atoms with Crippen molar-refractivity contribution >= 4 is 57.3 Å². The van der Waals surface area contributed by atoms with Crippen LogP contribution in [0.1, 0.15) is 0 Å². The van der Waals surface area contributed by atoms with Crippen LogP contribution in [0.3, 0.4) is 0 Å². The second kappa shape index (κ2) is 10.0. The van der Waals surface area contributed by atoms with E-state index in [1.807, 2.05) is 42.5 Å². The molecule has 34 heavy (non-hydrogen) atoms. The SMILES string of the molecule is Clc1cccc(N(c2ccccc2)c2cccc(N(c3ccccc3)c3ccccc3)c2)c1Cl. The van der Waals surface area contributed by atoms with Crippen LogP contribution in [0.2, 0.25) is 10.0 Å². The van der Waals surface area contributed by atoms with Gasteiger partial charge in [0.25, 0.3) is 0 Å². The van der Waals surface area contributed by atoms with Crippen LogP contribution in [-0.4, -0.2) is 0 Å². The molecule has 0 aliphatic heterocycles. The highest BCUT2D eigenvalue weighted by atomic mass is 35.5. The van der Waals surface area contributed by atoms with Crippen molar-refractivity contribution in [2.24, 2.45) is 0 Å². The molecule has 0 atom stereocenters. The minimum atomic E-state index is 0.515. The molecule has 4 heteroatoms. The van der Waals surface area contributed by atoms with Crippen molar-refractivity contribution in [3.05, 3.63) is 144 Å². The average molecular weight is 481 g/mol. The Balaban J connectivity index is 1.68. The van der Waals surface area contributed by atoms with Crippen molar-refractivity contribution in [3.63, 3.8) is 0 Å². The Morgan fingerprint density at radius 2 is 0.794 bits per heavy atom. The smallest absolute Gasteiger partial charge is 0.0832 e. The predicted octanol–water partition coefficient (Wildman–Crippen LogP) is 9.93. The number of halogens is 2. The molecule has 0 saturated heterocycles. The maximum Gasteiger partial charge on any atom is 0.0832 e. The minimum absolute atomic E-state index is 0.515. The van der Waals surface area contributed by atoms with Crippen molar-refractivity contribution in [1.82, 2.24) is 0 Å². The molecule has 0 aliphatic rings. The van der Waals surface area contributed by atoms with Crippen LogP contribution in [0.4, 0.5) is 34.1 Å². The summed E-state index contributed by atoms with van der Waals surface area (Å²) in [5, 5.41) is 1.04. The first-order valence-electron chi connectivity index (χ1n) is 11.0. The molecule has 5 rings (SSSR count). The van der Waals surface area contributed by atoms with E-state index in [0.717, 1.165) is 34.1 Å². The molecular formula is C30H22Cl2N2. The molecule has 0 spiro atoms. The van der Waals surface area contributed by atoms with E-state index in [1.165, 1.54) is 0 Å². The fourth-order valence-electron chi connectivity index (χ4n) is 4.04. The van der Waals surface area contributed by atoms with E-state index < -0.39 is 0 Å². The highest BCUT2D eigenvalue weighted by Gasteiger charge is 2.19. The fourth-order valence-corrected chi connectivity index (χ4v) is 4.42. The maximum atomic E-state index is 6.70. The molecule has 2 nitrogen and oxygen atoms in total. The van der Waals surface area contributed by atoms with E-state index in [2.05, 4.69) is 94.7 Å². The zero-order valence-electron chi connectivity index (χ0n) is 18.4. The largest absolute Gasteiger partial charge is 0.310 e. The van der Waals surface area contributed by atoms with Gasteiger partial charge in [-0.3, -0.25) is 0 Å². The molecule has 0 aliphatic carbocycles. The van der Waals surface area contributed by atoms with E-state index in [1.54, 1.807) is 6.07 Å². The van der Waals surface area contributed by atoms with E-state index in [-0.39, 0.29) is 0 Å². The first kappa shape index (κ1) is 22.1. The first-order chi connectivity index (χ1) is 16.7. The van der Waals surface area contributed by atoms with Gasteiger partial charge in [0.05, 0.1) is 15.7 Å². The Morgan fingerprint density at radius 1 is 0.382 bits per heavy atom. The summed E-state index contributed by atoms with van der Waals surface area (Å²) in [6, 6.07) is 45.0. The van der Waals surface area contributed by atoms with Gasteiger partial charge in [0.15, 0.2) is 0 Å². The first-order valence-corrected chi connectivity index (χ1v) is 11.8. The molecule has 0 bridgehead atoms. The summed E-state index contributed by atoms with van der Waals surface area (Å²) in [4.78, 5) is 4.37. The number of hydrogen-bond donors (Lipinski definition) is 0. The lowest BCUT2D eigenvalue weighted by molar-refractivity contribution is 1.25. The molecular weight excluding hydrogens is 459 g/mol. The third-order valence-electron chi connectivity index (χ3n) is 5.56. The van der Waals surface area contributed by atoms with Gasteiger partial charge >= 0.3 is 0 Å². The van der Waals surface area contributed by atoms with Crippen LogP contribution in [0.5, 0.6) is 0 Å². The van der Waals surface area contributed by atoms with Crippen LogP contribution >= 0.6 is 23.2 Å². The Morgan fingerprint density at radius 3 is 1.32 bits per heavy atom. The van der Waals surface area contributed by atoms with Gasteiger partial charge < -0.3 is 9.80 Å². The highest BCUT2D eigenvalue weighted by Crippen LogP contribution is 2.43. The summed E-state index contributed by atoms with van der Waals surface area (Å²) < 4.78 is 0. The molecule has 0 amide bonds. The van der Waals surface area contributed by atoms with Crippen molar-refractivity contribution in [2.45, 2.75) is 0 Å². The third-order valence-corrected chi connectivity index (χ3v) is 6.37. The molecule has 0 fully saturated rings. The number of hydrogen-bond acceptors (Lipinski definition) is 2. The van der Waals surface area contributed by atoms with Gasteiger partial charge in [-0.1, -0.05) is 89.9 Å². The van der Waals surface area contributed by atoms with Crippen molar-refractivity contribution in [2.75, 3.05) is 9.80 Å². The predicted molar refractivity (Wildman–Crippen MR) is 146 cm³/mol. The summed E-state index contributed by atoms with van der Waals surface area (Å²) in [5.41, 5.74) is 5.99. The van der Waals surface area contributed by atoms with E-state index in [0.29, 0.717) is 10.0 Å². The average Bonchev–Trinajstić information content (AvgIpc) is 2.89. The summed E-state index contributed by atoms with van der Waals surface area (Å²) in [5.74, 6) is 0. The minimum Gasteiger partial charge on any atom is -0.310 e. The van der Waals surface area contributed by atoms with Crippen LogP contribution in [0.15, 0.2) is 133 Å². The maximum absolute atomic E-state index is 6.70. The number of rotatable bonds is 6. The van der Waals surface area contributed by atoms with Crippen molar-refractivity contribution < 1.29 is 0 Å². The lowest BCUT2D eigenvalue weighted by atomic mass is 10.1. The summed E-state index contributed by atoms with van der Waals surface area (Å²) in [6.45, 7) is 0. The standard InChI is InChI=1S/C30H22Cl2N2/c31-28-20-11-21-29(30(28)32)34(25-16-8-3-9-17-25)27-19-10-18-26(22-27)33(23-12-4-1-5-13-23)24-14-6-2-7-15-24/h1-22H. The lowest BCUT2D eigenvalue weighted by Crippen LogP contribution is -2.13. The van der Waals surface area contributed by atoms with Gasteiger partial charge in [-0.25, -0.2) is 0 Å². The molecule has 0 aromatic heterocycles. The quantitative estimate of drug-likeness (QED) is 0.238. The molecule has 0 N–H and O–H groups in total. The summed E-state index contributed by atoms with van der Waals surface area (Å²) in [6.07, 6.45) is 0. The Hall–Kier alpha value is -3.72. The highest BCUT2D eigenvalue weighted by molar-refractivity contribution is 6.43. The van der Waals surface area contributed by atoms with Crippen molar-refractivity contribution in [3.8, 4) is 0 Å². The molecule has 166 valence electrons. The Bertz CT molecular complexity index is 1330. The lowest BCUT2D eigenvalue weighted by Gasteiger charge is -2.29. The van der Waals surface area contributed by atoms with E-state index >= 15 is 0 Å². The number of benzene rings is 5. The van der Waals surface area contributed by atoms with E-state index in [9.17, 15) is 0 Å². The molecule has 0 heterocycles. The zero-order valence-corrected chi connectivity index (χ0v) is 19.9. The van der Waals surface area contributed by atoms with Crippen LogP contribution < -0.4 is 9.80 Å². The number of anilines is 6. The molecule has 5 aromatic rings. The van der Waals surface area contributed by atoms with Gasteiger partial charge in [0.2, 0.25) is 0 Å². The molecule has 5 aromatic carbocycles. The van der Waals surface area contributed by atoms with Crippen LogP contribution in [0.25, 0.3) is 0 Å². The Labute approximate surface area is 210 Å². The van der Waals surface area contributed by atoms with Gasteiger partial charge in [-0.2, -0.15) is 0 Å². The topological polar surface area (TPSA) is 6.48 Å². The van der Waals surface area contributed by atoms with Crippen molar-refractivity contribution in [1.29, 1.82) is 0 Å². The summed E-state index contributed by atoms with van der Waals surface area (Å²) >= 11 is 13.1. The van der Waals surface area contributed by atoms with Gasteiger partial charge in [0, 0.05) is 28.4 Å². The molecule has 0 unspecified atom stereocenters. The Kier molecular flexibility index (Phi) is 6.53. The monoisotopic (exact) mass is 480 g/mol. The normalized spacial score (nSPS) is 10.6. The van der Waals surface area contributed by atoms with Gasteiger partial charge in [-0.05, 0) is 66.7 Å². The third kappa shape index (κ3) is 4.51.